The van der Waals surface area contributed by atoms with E-state index in [-0.39, 0.29) is 10.9 Å². The summed E-state index contributed by atoms with van der Waals surface area (Å²) >= 11 is 12.0. The largest absolute Gasteiger partial charge is 0.342 e. The standard InChI is InChI=1S/C29H28Cl2N4O2/c1-18(2)27(33-28(36)21-11-12-24(30)25(31)14-21)29(37)34-32-15-22-17-35(26-10-5-4-9-23(22)26)16-20-8-6-7-19(3)13-20/h4-15,17-18,27H,16H2,1-3H3,(H,33,36)(H,34,37). The summed E-state index contributed by atoms with van der Waals surface area (Å²) in [5.41, 5.74) is 7.27. The van der Waals surface area contributed by atoms with Gasteiger partial charge >= 0.3 is 0 Å². The number of hydrazone groups is 1. The number of amides is 2. The second-order valence-electron chi connectivity index (χ2n) is 9.28. The minimum absolute atomic E-state index is 0.168. The molecule has 1 unspecified atom stereocenters. The first-order chi connectivity index (χ1) is 17.7. The van der Waals surface area contributed by atoms with Gasteiger partial charge in [-0.1, -0.05) is 85.1 Å². The molecule has 2 N–H and O–H groups in total. The Balaban J connectivity index is 1.48. The van der Waals surface area contributed by atoms with E-state index in [2.05, 4.69) is 57.7 Å². The third kappa shape index (κ3) is 6.40. The van der Waals surface area contributed by atoms with Crippen LogP contribution in [0, 0.1) is 12.8 Å². The monoisotopic (exact) mass is 534 g/mol. The number of aryl methyl sites for hydroxylation is 1. The van der Waals surface area contributed by atoms with Crippen LogP contribution >= 0.6 is 23.2 Å². The molecule has 0 aliphatic rings. The molecule has 0 aliphatic carbocycles. The highest BCUT2D eigenvalue weighted by Gasteiger charge is 2.25. The minimum Gasteiger partial charge on any atom is -0.342 e. The lowest BCUT2D eigenvalue weighted by Gasteiger charge is -2.20. The number of rotatable bonds is 8. The number of carbonyl (C=O) groups excluding carboxylic acids is 2. The van der Waals surface area contributed by atoms with Gasteiger partial charge in [0.1, 0.15) is 6.04 Å². The summed E-state index contributed by atoms with van der Waals surface area (Å²) in [6.07, 6.45) is 3.65. The molecule has 0 saturated carbocycles. The SMILES string of the molecule is Cc1cccc(Cn2cc(C=NNC(=O)C(NC(=O)c3ccc(Cl)c(Cl)c3)C(C)C)c3ccccc32)c1. The van der Waals surface area contributed by atoms with Crippen molar-refractivity contribution in [2.24, 2.45) is 11.0 Å². The van der Waals surface area contributed by atoms with Crippen molar-refractivity contribution in [3.63, 3.8) is 0 Å². The molecule has 1 atom stereocenters. The Morgan fingerprint density at radius 1 is 1.00 bits per heavy atom. The van der Waals surface area contributed by atoms with Crippen molar-refractivity contribution in [2.75, 3.05) is 0 Å². The van der Waals surface area contributed by atoms with Crippen molar-refractivity contribution >= 4 is 52.1 Å². The van der Waals surface area contributed by atoms with Crippen LogP contribution in [-0.4, -0.2) is 28.6 Å². The molecule has 6 nitrogen and oxygen atoms in total. The number of para-hydroxylation sites is 1. The van der Waals surface area contributed by atoms with E-state index < -0.39 is 17.9 Å². The Morgan fingerprint density at radius 2 is 1.78 bits per heavy atom. The molecule has 0 saturated heterocycles. The maximum atomic E-state index is 12.9. The molecule has 4 rings (SSSR count). The van der Waals surface area contributed by atoms with Gasteiger partial charge in [-0.05, 0) is 42.7 Å². The molecule has 2 amide bonds. The molecule has 1 aromatic heterocycles. The number of hydrogen-bond acceptors (Lipinski definition) is 3. The number of fused-ring (bicyclic) bond motifs is 1. The fraction of sp³-hybridized carbons (Fsp3) is 0.207. The van der Waals surface area contributed by atoms with Gasteiger partial charge in [0, 0.05) is 34.8 Å². The fourth-order valence-electron chi connectivity index (χ4n) is 4.15. The first-order valence-corrected chi connectivity index (χ1v) is 12.7. The van der Waals surface area contributed by atoms with Crippen LogP contribution < -0.4 is 10.7 Å². The molecule has 0 spiro atoms. The number of nitrogens with one attached hydrogen (secondary N) is 2. The van der Waals surface area contributed by atoms with Gasteiger partial charge < -0.3 is 9.88 Å². The van der Waals surface area contributed by atoms with Gasteiger partial charge in [0.15, 0.2) is 0 Å². The predicted octanol–water partition coefficient (Wildman–Crippen LogP) is 6.21. The topological polar surface area (TPSA) is 75.5 Å². The first kappa shape index (κ1) is 26.5. The molecule has 1 heterocycles. The lowest BCUT2D eigenvalue weighted by atomic mass is 10.0. The molecule has 0 bridgehead atoms. The van der Waals surface area contributed by atoms with Crippen molar-refractivity contribution in [1.82, 2.24) is 15.3 Å². The van der Waals surface area contributed by atoms with E-state index in [0.29, 0.717) is 10.6 Å². The first-order valence-electron chi connectivity index (χ1n) is 11.9. The van der Waals surface area contributed by atoms with Crippen molar-refractivity contribution in [1.29, 1.82) is 0 Å². The zero-order valence-electron chi connectivity index (χ0n) is 20.8. The number of hydrogen-bond donors (Lipinski definition) is 2. The van der Waals surface area contributed by atoms with Crippen LogP contribution in [0.3, 0.4) is 0 Å². The van der Waals surface area contributed by atoms with E-state index in [1.165, 1.54) is 17.2 Å². The summed E-state index contributed by atoms with van der Waals surface area (Å²) < 4.78 is 2.17. The van der Waals surface area contributed by atoms with E-state index in [4.69, 9.17) is 23.2 Å². The van der Waals surface area contributed by atoms with Gasteiger partial charge in [-0.3, -0.25) is 9.59 Å². The summed E-state index contributed by atoms with van der Waals surface area (Å²) in [5, 5.41) is 8.62. The maximum Gasteiger partial charge on any atom is 0.262 e. The Labute approximate surface area is 226 Å². The van der Waals surface area contributed by atoms with Crippen LogP contribution in [0.2, 0.25) is 10.0 Å². The molecule has 0 fully saturated rings. The van der Waals surface area contributed by atoms with Crippen LogP contribution in [0.25, 0.3) is 10.9 Å². The summed E-state index contributed by atoms with van der Waals surface area (Å²) in [6.45, 7) is 6.50. The highest BCUT2D eigenvalue weighted by Crippen LogP contribution is 2.23. The van der Waals surface area contributed by atoms with Crippen molar-refractivity contribution in [3.8, 4) is 0 Å². The second kappa shape index (κ2) is 11.6. The summed E-state index contributed by atoms with van der Waals surface area (Å²) in [6, 6.07) is 20.3. The molecular weight excluding hydrogens is 507 g/mol. The number of benzene rings is 3. The lowest BCUT2D eigenvalue weighted by Crippen LogP contribution is -2.48. The average molecular weight is 535 g/mol. The van der Waals surface area contributed by atoms with E-state index in [0.717, 1.165) is 23.0 Å². The van der Waals surface area contributed by atoms with E-state index in [1.54, 1.807) is 18.3 Å². The van der Waals surface area contributed by atoms with Crippen molar-refractivity contribution in [3.05, 3.63) is 105 Å². The van der Waals surface area contributed by atoms with Gasteiger partial charge in [-0.25, -0.2) is 5.43 Å². The molecule has 8 heteroatoms. The Kier molecular flexibility index (Phi) is 8.31. The van der Waals surface area contributed by atoms with Crippen molar-refractivity contribution in [2.45, 2.75) is 33.4 Å². The fourth-order valence-corrected chi connectivity index (χ4v) is 4.45. The van der Waals surface area contributed by atoms with Crippen LogP contribution in [-0.2, 0) is 11.3 Å². The number of aromatic nitrogens is 1. The van der Waals surface area contributed by atoms with Gasteiger partial charge in [0.2, 0.25) is 0 Å². The molecule has 37 heavy (non-hydrogen) atoms. The molecule has 4 aromatic rings. The third-order valence-electron chi connectivity index (χ3n) is 6.05. The van der Waals surface area contributed by atoms with Crippen LogP contribution in [0.15, 0.2) is 78.0 Å². The normalized spacial score (nSPS) is 12.3. The van der Waals surface area contributed by atoms with E-state index in [1.807, 2.05) is 38.2 Å². The van der Waals surface area contributed by atoms with Gasteiger partial charge in [-0.2, -0.15) is 5.10 Å². The van der Waals surface area contributed by atoms with Gasteiger partial charge in [-0.15, -0.1) is 0 Å². The summed E-state index contributed by atoms with van der Waals surface area (Å²) in [4.78, 5) is 25.6. The number of carbonyl (C=O) groups is 2. The highest BCUT2D eigenvalue weighted by molar-refractivity contribution is 6.42. The van der Waals surface area contributed by atoms with Crippen LogP contribution in [0.1, 0.15) is 40.9 Å². The van der Waals surface area contributed by atoms with Crippen LogP contribution in [0.5, 0.6) is 0 Å². The van der Waals surface area contributed by atoms with Crippen molar-refractivity contribution < 1.29 is 9.59 Å². The van der Waals surface area contributed by atoms with Gasteiger partial charge in [0.05, 0.1) is 16.3 Å². The third-order valence-corrected chi connectivity index (χ3v) is 6.79. The highest BCUT2D eigenvalue weighted by atomic mass is 35.5. The smallest absolute Gasteiger partial charge is 0.262 e. The molecular formula is C29H28Cl2N4O2. The van der Waals surface area contributed by atoms with E-state index >= 15 is 0 Å². The van der Waals surface area contributed by atoms with E-state index in [9.17, 15) is 9.59 Å². The Morgan fingerprint density at radius 3 is 2.51 bits per heavy atom. The summed E-state index contributed by atoms with van der Waals surface area (Å²) in [7, 11) is 0. The maximum absolute atomic E-state index is 12.9. The molecule has 0 radical (unpaired) electrons. The van der Waals surface area contributed by atoms with Crippen LogP contribution in [0.4, 0.5) is 0 Å². The zero-order chi connectivity index (χ0) is 26.5. The predicted molar refractivity (Wildman–Crippen MR) is 151 cm³/mol. The van der Waals surface area contributed by atoms with Gasteiger partial charge in [0.25, 0.3) is 11.8 Å². The number of halogens is 2. The lowest BCUT2D eigenvalue weighted by molar-refractivity contribution is -0.123. The quantitative estimate of drug-likeness (QED) is 0.208. The number of nitrogens with zero attached hydrogens (tertiary/aromatic N) is 2. The Hall–Kier alpha value is -3.61. The minimum atomic E-state index is -0.790. The zero-order valence-corrected chi connectivity index (χ0v) is 22.3. The summed E-state index contributed by atoms with van der Waals surface area (Å²) in [5.74, 6) is -1.00. The molecule has 3 aromatic carbocycles. The average Bonchev–Trinajstić information content (AvgIpc) is 3.21. The molecule has 0 aliphatic heterocycles. The molecule has 190 valence electrons. The second-order valence-corrected chi connectivity index (χ2v) is 10.1. The Bertz CT molecular complexity index is 1480.